The van der Waals surface area contributed by atoms with Crippen molar-refractivity contribution in [2.45, 2.75) is 13.8 Å². The first-order chi connectivity index (χ1) is 8.20. The highest BCUT2D eigenvalue weighted by Crippen LogP contribution is 2.20. The highest BCUT2D eigenvalue weighted by molar-refractivity contribution is 5.61. The van der Waals surface area contributed by atoms with Crippen molar-refractivity contribution in [1.29, 1.82) is 5.26 Å². The number of aromatic nitrogens is 2. The summed E-state index contributed by atoms with van der Waals surface area (Å²) in [4.78, 5) is 9.96. The van der Waals surface area contributed by atoms with Gasteiger partial charge in [-0.1, -0.05) is 18.2 Å². The summed E-state index contributed by atoms with van der Waals surface area (Å²) in [5, 5.41) is 9.21. The van der Waals surface area contributed by atoms with Gasteiger partial charge in [-0.25, -0.2) is 14.9 Å². The Hall–Kier alpha value is -2.41. The molecule has 4 nitrogen and oxygen atoms in total. The lowest BCUT2D eigenvalue weighted by molar-refractivity contribution is 1.01. The van der Waals surface area contributed by atoms with Gasteiger partial charge in [-0.15, -0.1) is 0 Å². The topological polar surface area (TPSA) is 52.8 Å². The molecule has 0 saturated heterocycles. The van der Waals surface area contributed by atoms with E-state index in [1.54, 1.807) is 0 Å². The first-order valence-electron chi connectivity index (χ1n) is 5.28. The Balaban J connectivity index is 2.47. The molecule has 0 spiro atoms. The Morgan fingerprint density at radius 3 is 2.18 bits per heavy atom. The maximum Gasteiger partial charge on any atom is 0.244 e. The van der Waals surface area contributed by atoms with E-state index in [0.29, 0.717) is 5.95 Å². The second-order valence-corrected chi connectivity index (χ2v) is 3.72. The Labute approximate surface area is 100 Å². The maximum atomic E-state index is 9.21. The number of benzene rings is 1. The average molecular weight is 224 g/mol. The van der Waals surface area contributed by atoms with E-state index in [0.717, 1.165) is 17.1 Å². The van der Waals surface area contributed by atoms with E-state index in [4.69, 9.17) is 0 Å². The van der Waals surface area contributed by atoms with Gasteiger partial charge < -0.3 is 0 Å². The summed E-state index contributed by atoms with van der Waals surface area (Å²) >= 11 is 0. The van der Waals surface area contributed by atoms with E-state index >= 15 is 0 Å². The van der Waals surface area contributed by atoms with Gasteiger partial charge >= 0.3 is 0 Å². The van der Waals surface area contributed by atoms with Crippen LogP contribution < -0.4 is 4.90 Å². The van der Waals surface area contributed by atoms with E-state index in [2.05, 4.69) is 16.2 Å². The van der Waals surface area contributed by atoms with Crippen molar-refractivity contribution >= 4 is 11.6 Å². The lowest BCUT2D eigenvalue weighted by Crippen LogP contribution is -2.13. The fraction of sp³-hybridized carbons (Fsp3) is 0.154. The summed E-state index contributed by atoms with van der Waals surface area (Å²) < 4.78 is 0. The third-order valence-electron chi connectivity index (χ3n) is 2.28. The Bertz CT molecular complexity index is 537. The van der Waals surface area contributed by atoms with Crippen LogP contribution >= 0.6 is 0 Å². The van der Waals surface area contributed by atoms with Gasteiger partial charge in [-0.3, -0.25) is 0 Å². The molecular formula is C13H12N4. The average Bonchev–Trinajstić information content (AvgIpc) is 2.30. The number of aryl methyl sites for hydroxylation is 2. The van der Waals surface area contributed by atoms with Gasteiger partial charge in [0.2, 0.25) is 5.95 Å². The molecular weight excluding hydrogens is 212 g/mol. The minimum atomic E-state index is 0.413. The van der Waals surface area contributed by atoms with Crippen LogP contribution in [-0.2, 0) is 0 Å². The fourth-order valence-corrected chi connectivity index (χ4v) is 1.60. The van der Waals surface area contributed by atoms with Crippen LogP contribution in [0.15, 0.2) is 36.4 Å². The zero-order chi connectivity index (χ0) is 12.3. The Morgan fingerprint density at radius 2 is 1.65 bits per heavy atom. The van der Waals surface area contributed by atoms with Crippen LogP contribution in [0.5, 0.6) is 0 Å². The monoisotopic (exact) mass is 224 g/mol. The number of hydrogen-bond acceptors (Lipinski definition) is 4. The van der Waals surface area contributed by atoms with Crippen molar-refractivity contribution in [3.05, 3.63) is 47.8 Å². The fourth-order valence-electron chi connectivity index (χ4n) is 1.60. The molecule has 0 N–H and O–H groups in total. The quantitative estimate of drug-likeness (QED) is 0.581. The van der Waals surface area contributed by atoms with E-state index in [9.17, 15) is 5.26 Å². The first-order valence-corrected chi connectivity index (χ1v) is 5.28. The normalized spacial score (nSPS) is 9.71. The summed E-state index contributed by atoms with van der Waals surface area (Å²) in [6, 6.07) is 11.2. The minimum absolute atomic E-state index is 0.413. The van der Waals surface area contributed by atoms with Gasteiger partial charge in [0.05, 0.1) is 5.69 Å². The number of nitriles is 1. The standard InChI is InChI=1S/C13H12N4/c1-10-8-11(2)16-13(15-10)17(9-14)12-6-4-3-5-7-12/h3-8H,1-2H3. The van der Waals surface area contributed by atoms with Crippen LogP contribution in [0.1, 0.15) is 11.4 Å². The minimum Gasteiger partial charge on any atom is -0.217 e. The summed E-state index contributed by atoms with van der Waals surface area (Å²) in [5.41, 5.74) is 2.47. The molecule has 0 aliphatic carbocycles. The highest BCUT2D eigenvalue weighted by Gasteiger charge is 2.11. The molecule has 0 aliphatic rings. The van der Waals surface area contributed by atoms with E-state index < -0.39 is 0 Å². The van der Waals surface area contributed by atoms with Crippen molar-refractivity contribution in [2.24, 2.45) is 0 Å². The van der Waals surface area contributed by atoms with E-state index in [-0.39, 0.29) is 0 Å². The molecule has 0 bridgehead atoms. The van der Waals surface area contributed by atoms with Gasteiger partial charge in [0.15, 0.2) is 6.19 Å². The number of rotatable bonds is 2. The molecule has 1 aromatic carbocycles. The molecule has 0 unspecified atom stereocenters. The van der Waals surface area contributed by atoms with Gasteiger partial charge in [-0.05, 0) is 32.0 Å². The summed E-state index contributed by atoms with van der Waals surface area (Å²) in [7, 11) is 0. The summed E-state index contributed by atoms with van der Waals surface area (Å²) in [5.74, 6) is 0.413. The Morgan fingerprint density at radius 1 is 1.06 bits per heavy atom. The van der Waals surface area contributed by atoms with Crippen molar-refractivity contribution in [2.75, 3.05) is 4.90 Å². The number of nitrogens with zero attached hydrogens (tertiary/aromatic N) is 4. The van der Waals surface area contributed by atoms with Gasteiger partial charge in [0.1, 0.15) is 0 Å². The van der Waals surface area contributed by atoms with Crippen LogP contribution in [0, 0.1) is 25.3 Å². The summed E-state index contributed by atoms with van der Waals surface area (Å²) in [6.45, 7) is 3.78. The molecule has 0 aliphatic heterocycles. The zero-order valence-electron chi connectivity index (χ0n) is 9.75. The third-order valence-corrected chi connectivity index (χ3v) is 2.28. The van der Waals surface area contributed by atoms with Crippen LogP contribution in [0.2, 0.25) is 0 Å². The largest absolute Gasteiger partial charge is 0.244 e. The van der Waals surface area contributed by atoms with Gasteiger partial charge in [-0.2, -0.15) is 5.26 Å². The first kappa shape index (κ1) is 11.1. The van der Waals surface area contributed by atoms with Gasteiger partial charge in [0.25, 0.3) is 0 Å². The molecule has 84 valence electrons. The van der Waals surface area contributed by atoms with E-state index in [1.165, 1.54) is 4.90 Å². The molecule has 0 atom stereocenters. The molecule has 1 heterocycles. The molecule has 17 heavy (non-hydrogen) atoms. The molecule has 0 saturated carbocycles. The lowest BCUT2D eigenvalue weighted by atomic mass is 10.3. The molecule has 0 amide bonds. The Kier molecular flexibility index (Phi) is 3.01. The predicted molar refractivity (Wildman–Crippen MR) is 65.7 cm³/mol. The van der Waals surface area contributed by atoms with Crippen LogP contribution in [0.25, 0.3) is 0 Å². The van der Waals surface area contributed by atoms with Crippen molar-refractivity contribution in [3.8, 4) is 6.19 Å². The molecule has 0 fully saturated rings. The SMILES string of the molecule is Cc1cc(C)nc(N(C#N)c2ccccc2)n1. The maximum absolute atomic E-state index is 9.21. The van der Waals surface area contributed by atoms with Crippen molar-refractivity contribution < 1.29 is 0 Å². The van der Waals surface area contributed by atoms with Gasteiger partial charge in [0, 0.05) is 11.4 Å². The molecule has 2 rings (SSSR count). The second kappa shape index (κ2) is 4.62. The predicted octanol–water partition coefficient (Wildman–Crippen LogP) is 2.71. The second-order valence-electron chi connectivity index (χ2n) is 3.72. The van der Waals surface area contributed by atoms with E-state index in [1.807, 2.05) is 50.2 Å². The highest BCUT2D eigenvalue weighted by atomic mass is 15.2. The molecule has 0 radical (unpaired) electrons. The smallest absolute Gasteiger partial charge is 0.217 e. The molecule has 2 aromatic rings. The molecule has 1 aromatic heterocycles. The number of hydrogen-bond donors (Lipinski definition) is 0. The van der Waals surface area contributed by atoms with Crippen LogP contribution in [0.4, 0.5) is 11.6 Å². The van der Waals surface area contributed by atoms with Crippen LogP contribution in [0.3, 0.4) is 0 Å². The number of anilines is 2. The molecule has 4 heteroatoms. The van der Waals surface area contributed by atoms with Crippen molar-refractivity contribution in [3.63, 3.8) is 0 Å². The number of para-hydroxylation sites is 1. The van der Waals surface area contributed by atoms with Crippen molar-refractivity contribution in [1.82, 2.24) is 9.97 Å². The summed E-state index contributed by atoms with van der Waals surface area (Å²) in [6.07, 6.45) is 2.10. The van der Waals surface area contributed by atoms with Crippen LogP contribution in [-0.4, -0.2) is 9.97 Å². The zero-order valence-corrected chi connectivity index (χ0v) is 9.75. The lowest BCUT2D eigenvalue weighted by Gasteiger charge is -2.14. The third kappa shape index (κ3) is 2.40.